The quantitative estimate of drug-likeness (QED) is 0.0382. The number of hydrogen-bond acceptors (Lipinski definition) is 6. The minimum Gasteiger partial charge on any atom is -0.462 e. The van der Waals surface area contributed by atoms with Crippen LogP contribution in [-0.2, 0) is 28.2 Å². The van der Waals surface area contributed by atoms with Gasteiger partial charge in [0.2, 0.25) is 0 Å². The second-order valence-electron chi connectivity index (χ2n) is 13.3. The molecule has 0 spiro atoms. The molecule has 8 nitrogen and oxygen atoms in total. The van der Waals surface area contributed by atoms with Crippen molar-refractivity contribution in [2.45, 2.75) is 213 Å². The molecule has 2 N–H and O–H groups in total. The van der Waals surface area contributed by atoms with Gasteiger partial charge in [-0.2, -0.15) is 0 Å². The normalized spacial score (nSPS) is 12.3. The Morgan fingerprint density at radius 2 is 0.783 bits per heavy atom. The van der Waals surface area contributed by atoms with E-state index in [1.54, 1.807) is 0 Å². The van der Waals surface area contributed by atoms with Gasteiger partial charge in [-0.05, 0) is 12.8 Å². The number of phosphoric ester groups is 1. The highest BCUT2D eigenvalue weighted by molar-refractivity contribution is 7.46. The van der Waals surface area contributed by atoms with Crippen LogP contribution < -0.4 is 0 Å². The number of esters is 2. The van der Waals surface area contributed by atoms with E-state index >= 15 is 0 Å². The van der Waals surface area contributed by atoms with Crippen molar-refractivity contribution < 1.29 is 37.9 Å². The number of ether oxygens (including phenoxy) is 2. The van der Waals surface area contributed by atoms with Gasteiger partial charge in [0.1, 0.15) is 6.61 Å². The Morgan fingerprint density at radius 3 is 1.13 bits per heavy atom. The molecule has 0 aromatic rings. The minimum absolute atomic E-state index is 0.219. The van der Waals surface area contributed by atoms with Crippen molar-refractivity contribution in [1.82, 2.24) is 0 Å². The van der Waals surface area contributed by atoms with Gasteiger partial charge in [0, 0.05) is 12.8 Å². The summed E-state index contributed by atoms with van der Waals surface area (Å²) in [5, 5.41) is 0. The van der Waals surface area contributed by atoms with Gasteiger partial charge in [0.15, 0.2) is 6.10 Å². The Bertz CT molecular complexity index is 726. The van der Waals surface area contributed by atoms with Crippen LogP contribution in [0.25, 0.3) is 0 Å². The topological polar surface area (TPSA) is 119 Å². The fraction of sp³-hybridized carbons (Fsp3) is 0.946. The Hall–Kier alpha value is -0.950. The van der Waals surface area contributed by atoms with Crippen molar-refractivity contribution in [3.05, 3.63) is 0 Å². The van der Waals surface area contributed by atoms with Crippen LogP contribution in [0.15, 0.2) is 0 Å². The zero-order valence-corrected chi connectivity index (χ0v) is 30.9. The average molecular weight is 677 g/mol. The first-order chi connectivity index (χ1) is 22.3. The number of rotatable bonds is 36. The molecule has 0 aromatic carbocycles. The Labute approximate surface area is 283 Å². The summed E-state index contributed by atoms with van der Waals surface area (Å²) in [6, 6.07) is 0. The van der Waals surface area contributed by atoms with Crippen molar-refractivity contribution in [3.63, 3.8) is 0 Å². The number of phosphoric acid groups is 1. The SMILES string of the molecule is CCCCCCCCCCCCCCCCCCCCCCCCCCC(=O)OC(COC(=O)CCCCCC)COP(=O)(O)O. The van der Waals surface area contributed by atoms with E-state index in [-0.39, 0.29) is 19.4 Å². The fourth-order valence-corrected chi connectivity index (χ4v) is 6.09. The van der Waals surface area contributed by atoms with E-state index in [1.807, 2.05) is 0 Å². The number of carbonyl (C=O) groups is 2. The van der Waals surface area contributed by atoms with Gasteiger partial charge in [0.05, 0.1) is 6.61 Å². The number of hydrogen-bond donors (Lipinski definition) is 2. The summed E-state index contributed by atoms with van der Waals surface area (Å²) >= 11 is 0. The molecule has 0 aliphatic carbocycles. The summed E-state index contributed by atoms with van der Waals surface area (Å²) in [7, 11) is -4.73. The van der Waals surface area contributed by atoms with Gasteiger partial charge < -0.3 is 19.3 Å². The lowest BCUT2D eigenvalue weighted by Crippen LogP contribution is -2.29. The van der Waals surface area contributed by atoms with Gasteiger partial charge in [-0.25, -0.2) is 4.57 Å². The maximum atomic E-state index is 12.3. The van der Waals surface area contributed by atoms with Crippen LogP contribution in [-0.4, -0.2) is 41.0 Å². The molecule has 0 aliphatic rings. The van der Waals surface area contributed by atoms with Gasteiger partial charge in [-0.3, -0.25) is 14.1 Å². The largest absolute Gasteiger partial charge is 0.469 e. The van der Waals surface area contributed by atoms with Gasteiger partial charge >= 0.3 is 19.8 Å². The average Bonchev–Trinajstić information content (AvgIpc) is 3.02. The van der Waals surface area contributed by atoms with Crippen LogP contribution in [0.3, 0.4) is 0 Å². The molecule has 0 aliphatic heterocycles. The second-order valence-corrected chi connectivity index (χ2v) is 14.5. The predicted molar refractivity (Wildman–Crippen MR) is 189 cm³/mol. The zero-order valence-electron chi connectivity index (χ0n) is 30.0. The van der Waals surface area contributed by atoms with Crippen molar-refractivity contribution in [2.24, 2.45) is 0 Å². The van der Waals surface area contributed by atoms with Crippen LogP contribution in [0.5, 0.6) is 0 Å². The zero-order chi connectivity index (χ0) is 34.0. The van der Waals surface area contributed by atoms with Gasteiger partial charge in [0.25, 0.3) is 0 Å². The maximum Gasteiger partial charge on any atom is 0.469 e. The third-order valence-electron chi connectivity index (χ3n) is 8.63. The summed E-state index contributed by atoms with van der Waals surface area (Å²) in [4.78, 5) is 42.2. The molecule has 0 rings (SSSR count). The molecule has 0 fully saturated rings. The molecular formula is C37H73O8P. The molecule has 1 atom stereocenters. The first-order valence-corrected chi connectivity index (χ1v) is 20.9. The molecular weight excluding hydrogens is 603 g/mol. The molecule has 0 heterocycles. The first-order valence-electron chi connectivity index (χ1n) is 19.3. The molecule has 0 bridgehead atoms. The summed E-state index contributed by atoms with van der Waals surface area (Å²) < 4.78 is 26.0. The summed E-state index contributed by atoms with van der Waals surface area (Å²) in [5.74, 6) is -0.893. The number of carbonyl (C=O) groups excluding carboxylic acids is 2. The molecule has 9 heteroatoms. The van der Waals surface area contributed by atoms with Crippen LogP contribution >= 0.6 is 7.82 Å². The minimum atomic E-state index is -4.73. The van der Waals surface area contributed by atoms with Crippen molar-refractivity contribution in [3.8, 4) is 0 Å². The van der Waals surface area contributed by atoms with E-state index in [9.17, 15) is 14.2 Å². The molecule has 1 unspecified atom stereocenters. The van der Waals surface area contributed by atoms with E-state index in [4.69, 9.17) is 19.3 Å². The molecule has 0 saturated carbocycles. The molecule has 0 radical (unpaired) electrons. The van der Waals surface area contributed by atoms with Crippen LogP contribution in [0.2, 0.25) is 0 Å². The highest BCUT2D eigenvalue weighted by Gasteiger charge is 2.22. The van der Waals surface area contributed by atoms with Crippen molar-refractivity contribution >= 4 is 19.8 Å². The summed E-state index contributed by atoms with van der Waals surface area (Å²) in [6.45, 7) is 3.56. The van der Waals surface area contributed by atoms with Gasteiger partial charge in [-0.15, -0.1) is 0 Å². The maximum absolute atomic E-state index is 12.3. The van der Waals surface area contributed by atoms with Crippen LogP contribution in [0, 0.1) is 0 Å². The Kier molecular flexibility index (Phi) is 33.2. The fourth-order valence-electron chi connectivity index (χ4n) is 5.73. The highest BCUT2D eigenvalue weighted by Crippen LogP contribution is 2.36. The van der Waals surface area contributed by atoms with E-state index in [0.717, 1.165) is 38.5 Å². The van der Waals surface area contributed by atoms with E-state index in [0.29, 0.717) is 6.42 Å². The van der Waals surface area contributed by atoms with Crippen LogP contribution in [0.1, 0.15) is 206 Å². The van der Waals surface area contributed by atoms with Crippen molar-refractivity contribution in [2.75, 3.05) is 13.2 Å². The summed E-state index contributed by atoms with van der Waals surface area (Å²) in [5.41, 5.74) is 0. The molecule has 46 heavy (non-hydrogen) atoms. The lowest BCUT2D eigenvalue weighted by molar-refractivity contribution is -0.161. The highest BCUT2D eigenvalue weighted by atomic mass is 31.2. The molecule has 0 aromatic heterocycles. The summed E-state index contributed by atoms with van der Waals surface area (Å²) in [6.07, 6.45) is 34.8. The lowest BCUT2D eigenvalue weighted by Gasteiger charge is -2.18. The predicted octanol–water partition coefficient (Wildman–Crippen LogP) is 11.3. The lowest BCUT2D eigenvalue weighted by atomic mass is 10.0. The van der Waals surface area contributed by atoms with Gasteiger partial charge in [-0.1, -0.05) is 181 Å². The third-order valence-corrected chi connectivity index (χ3v) is 9.11. The number of unbranched alkanes of at least 4 members (excludes halogenated alkanes) is 26. The first kappa shape index (κ1) is 45.0. The van der Waals surface area contributed by atoms with E-state index in [2.05, 4.69) is 18.4 Å². The molecule has 274 valence electrons. The smallest absolute Gasteiger partial charge is 0.462 e. The third kappa shape index (κ3) is 35.9. The van der Waals surface area contributed by atoms with Crippen molar-refractivity contribution in [1.29, 1.82) is 0 Å². The van der Waals surface area contributed by atoms with Crippen LogP contribution in [0.4, 0.5) is 0 Å². The molecule has 0 saturated heterocycles. The Balaban J connectivity index is 3.64. The standard InChI is InChI=1S/C37H73O8P/c1-3-5-7-9-10-11-12-13-14-15-16-17-18-19-20-21-22-23-24-25-26-27-28-30-32-37(39)45-35(34-44-46(40,41)42)33-43-36(38)31-29-8-6-4-2/h35H,3-34H2,1-2H3,(H2,40,41,42). The Morgan fingerprint density at radius 1 is 0.478 bits per heavy atom. The van der Waals surface area contributed by atoms with E-state index < -0.39 is 32.5 Å². The molecule has 0 amide bonds. The van der Waals surface area contributed by atoms with E-state index in [1.165, 1.54) is 135 Å². The second kappa shape index (κ2) is 33.9. The monoisotopic (exact) mass is 677 g/mol.